The molecular weight excluding hydrogens is 295 g/mol. The quantitative estimate of drug-likeness (QED) is 0.664. The summed E-state index contributed by atoms with van der Waals surface area (Å²) in [5.74, 6) is -0.466. The third kappa shape index (κ3) is 3.77. The van der Waals surface area contributed by atoms with Crippen LogP contribution in [0.4, 0.5) is 10.1 Å². The number of halogens is 2. The van der Waals surface area contributed by atoms with E-state index < -0.39 is 10.7 Å². The Labute approximate surface area is 126 Å². The van der Waals surface area contributed by atoms with Crippen LogP contribution in [-0.2, 0) is 6.54 Å². The largest absolute Gasteiger partial charge is 0.306 e. The van der Waals surface area contributed by atoms with E-state index in [9.17, 15) is 14.5 Å². The molecule has 0 saturated heterocycles. The van der Waals surface area contributed by atoms with Crippen LogP contribution in [0.1, 0.15) is 24.1 Å². The first kappa shape index (κ1) is 15.4. The molecule has 0 bridgehead atoms. The van der Waals surface area contributed by atoms with Gasteiger partial charge in [-0.3, -0.25) is 10.1 Å². The van der Waals surface area contributed by atoms with Gasteiger partial charge in [0.25, 0.3) is 5.69 Å². The molecule has 0 aliphatic rings. The molecule has 0 fully saturated rings. The number of hydrogen-bond donors (Lipinski definition) is 1. The second-order valence-electron chi connectivity index (χ2n) is 4.67. The van der Waals surface area contributed by atoms with Crippen LogP contribution < -0.4 is 5.32 Å². The number of nitro benzene ring substituents is 1. The summed E-state index contributed by atoms with van der Waals surface area (Å²) in [6, 6.07) is 10.8. The SMILES string of the molecule is CC(NCc1ccc(F)c(Cl)c1)c1ccccc1[N+](=O)[O-]. The summed E-state index contributed by atoms with van der Waals surface area (Å²) in [6.07, 6.45) is 0. The number of nitrogens with one attached hydrogen (secondary N) is 1. The van der Waals surface area contributed by atoms with Gasteiger partial charge in [0.05, 0.1) is 9.95 Å². The van der Waals surface area contributed by atoms with E-state index in [-0.39, 0.29) is 16.8 Å². The Balaban J connectivity index is 2.10. The fourth-order valence-electron chi connectivity index (χ4n) is 2.05. The zero-order chi connectivity index (χ0) is 15.4. The van der Waals surface area contributed by atoms with Crippen molar-refractivity contribution in [2.45, 2.75) is 19.5 Å². The normalized spacial score (nSPS) is 12.1. The maximum absolute atomic E-state index is 13.1. The maximum Gasteiger partial charge on any atom is 0.274 e. The summed E-state index contributed by atoms with van der Waals surface area (Å²) in [4.78, 5) is 10.6. The van der Waals surface area contributed by atoms with Gasteiger partial charge in [-0.1, -0.05) is 35.9 Å². The van der Waals surface area contributed by atoms with Crippen molar-refractivity contribution in [3.8, 4) is 0 Å². The van der Waals surface area contributed by atoms with E-state index in [1.54, 1.807) is 24.3 Å². The van der Waals surface area contributed by atoms with Gasteiger partial charge in [-0.05, 0) is 24.6 Å². The van der Waals surface area contributed by atoms with Crippen molar-refractivity contribution in [3.05, 3.63) is 74.5 Å². The first-order valence-corrected chi connectivity index (χ1v) is 6.77. The monoisotopic (exact) mass is 308 g/mol. The first-order valence-electron chi connectivity index (χ1n) is 6.39. The van der Waals surface area contributed by atoms with E-state index in [4.69, 9.17) is 11.6 Å². The first-order chi connectivity index (χ1) is 9.99. The lowest BCUT2D eigenvalue weighted by molar-refractivity contribution is -0.385. The standard InChI is InChI=1S/C15H14ClFN2O2/c1-10(12-4-2-3-5-15(12)19(20)21)18-9-11-6-7-14(17)13(16)8-11/h2-8,10,18H,9H2,1H3. The second-order valence-corrected chi connectivity index (χ2v) is 5.07. The van der Waals surface area contributed by atoms with Crippen molar-refractivity contribution in [2.24, 2.45) is 0 Å². The fraction of sp³-hybridized carbons (Fsp3) is 0.200. The molecule has 21 heavy (non-hydrogen) atoms. The third-order valence-electron chi connectivity index (χ3n) is 3.20. The molecule has 4 nitrogen and oxygen atoms in total. The molecule has 1 atom stereocenters. The fourth-order valence-corrected chi connectivity index (χ4v) is 2.25. The summed E-state index contributed by atoms with van der Waals surface area (Å²) in [6.45, 7) is 2.28. The molecule has 1 N–H and O–H groups in total. The highest BCUT2D eigenvalue weighted by Gasteiger charge is 2.17. The highest BCUT2D eigenvalue weighted by molar-refractivity contribution is 6.30. The average molecular weight is 309 g/mol. The minimum atomic E-state index is -0.466. The Morgan fingerprint density at radius 1 is 1.33 bits per heavy atom. The minimum absolute atomic E-state index is 0.0626. The molecule has 2 aromatic carbocycles. The lowest BCUT2D eigenvalue weighted by Crippen LogP contribution is -2.19. The van der Waals surface area contributed by atoms with Crippen LogP contribution in [0.25, 0.3) is 0 Å². The number of nitrogens with zero attached hydrogens (tertiary/aromatic N) is 1. The van der Waals surface area contributed by atoms with Crippen LogP contribution in [0.5, 0.6) is 0 Å². The molecule has 6 heteroatoms. The highest BCUT2D eigenvalue weighted by Crippen LogP contribution is 2.25. The van der Waals surface area contributed by atoms with Gasteiger partial charge in [0.15, 0.2) is 0 Å². The molecule has 0 amide bonds. The summed E-state index contributed by atoms with van der Waals surface area (Å²) in [5, 5.41) is 14.2. The molecule has 0 saturated carbocycles. The molecule has 0 radical (unpaired) electrons. The van der Waals surface area contributed by atoms with Gasteiger partial charge in [0.1, 0.15) is 5.82 Å². The van der Waals surface area contributed by atoms with E-state index in [1.165, 1.54) is 18.2 Å². The van der Waals surface area contributed by atoms with Crippen molar-refractivity contribution in [3.63, 3.8) is 0 Å². The van der Waals surface area contributed by atoms with Gasteiger partial charge < -0.3 is 5.32 Å². The van der Waals surface area contributed by atoms with Gasteiger partial charge in [0.2, 0.25) is 0 Å². The third-order valence-corrected chi connectivity index (χ3v) is 3.49. The molecule has 0 heterocycles. The lowest BCUT2D eigenvalue weighted by atomic mass is 10.1. The molecule has 0 aliphatic heterocycles. The van der Waals surface area contributed by atoms with Crippen molar-refractivity contribution >= 4 is 17.3 Å². The minimum Gasteiger partial charge on any atom is -0.306 e. The average Bonchev–Trinajstić information content (AvgIpc) is 2.48. The zero-order valence-electron chi connectivity index (χ0n) is 11.3. The number of para-hydroxylation sites is 1. The predicted octanol–water partition coefficient (Wildman–Crippen LogP) is 4.24. The van der Waals surface area contributed by atoms with Gasteiger partial charge in [-0.2, -0.15) is 0 Å². The summed E-state index contributed by atoms with van der Waals surface area (Å²) in [7, 11) is 0. The van der Waals surface area contributed by atoms with Crippen molar-refractivity contribution < 1.29 is 9.31 Å². The number of rotatable bonds is 5. The summed E-state index contributed by atoms with van der Waals surface area (Å²) in [5.41, 5.74) is 1.50. The number of nitro groups is 1. The van der Waals surface area contributed by atoms with Crippen molar-refractivity contribution in [2.75, 3.05) is 0 Å². The topological polar surface area (TPSA) is 55.2 Å². The van der Waals surface area contributed by atoms with Gasteiger partial charge in [0, 0.05) is 24.2 Å². The molecule has 0 aliphatic carbocycles. The Bertz CT molecular complexity index is 664. The molecule has 0 aromatic heterocycles. The van der Waals surface area contributed by atoms with E-state index >= 15 is 0 Å². The van der Waals surface area contributed by atoms with E-state index in [0.717, 1.165) is 5.56 Å². The Kier molecular flexibility index (Phi) is 4.88. The predicted molar refractivity (Wildman–Crippen MR) is 79.8 cm³/mol. The maximum atomic E-state index is 13.1. The highest BCUT2D eigenvalue weighted by atomic mass is 35.5. The van der Waals surface area contributed by atoms with Gasteiger partial charge >= 0.3 is 0 Å². The smallest absolute Gasteiger partial charge is 0.274 e. The zero-order valence-corrected chi connectivity index (χ0v) is 12.1. The molecule has 0 spiro atoms. The Morgan fingerprint density at radius 2 is 2.05 bits per heavy atom. The molecular formula is C15H14ClFN2O2. The second kappa shape index (κ2) is 6.65. The van der Waals surface area contributed by atoms with Crippen LogP contribution >= 0.6 is 11.6 Å². The summed E-state index contributed by atoms with van der Waals surface area (Å²) < 4.78 is 13.1. The molecule has 2 rings (SSSR count). The van der Waals surface area contributed by atoms with Crippen molar-refractivity contribution in [1.82, 2.24) is 5.32 Å². The van der Waals surface area contributed by atoms with Crippen LogP contribution in [0.3, 0.4) is 0 Å². The van der Waals surface area contributed by atoms with E-state index in [0.29, 0.717) is 12.1 Å². The van der Waals surface area contributed by atoms with Crippen LogP contribution in [-0.4, -0.2) is 4.92 Å². The molecule has 2 aromatic rings. The Hall–Kier alpha value is -1.98. The number of hydrogen-bond acceptors (Lipinski definition) is 3. The van der Waals surface area contributed by atoms with Crippen LogP contribution in [0.15, 0.2) is 42.5 Å². The molecule has 110 valence electrons. The van der Waals surface area contributed by atoms with E-state index in [1.807, 2.05) is 6.92 Å². The molecule has 1 unspecified atom stereocenters. The van der Waals surface area contributed by atoms with Crippen molar-refractivity contribution in [1.29, 1.82) is 0 Å². The van der Waals surface area contributed by atoms with Gasteiger partial charge in [-0.15, -0.1) is 0 Å². The van der Waals surface area contributed by atoms with Crippen LogP contribution in [0.2, 0.25) is 5.02 Å². The Morgan fingerprint density at radius 3 is 2.71 bits per heavy atom. The van der Waals surface area contributed by atoms with E-state index in [2.05, 4.69) is 5.32 Å². The van der Waals surface area contributed by atoms with Crippen LogP contribution in [0, 0.1) is 15.9 Å². The lowest BCUT2D eigenvalue weighted by Gasteiger charge is -2.14. The number of benzene rings is 2. The van der Waals surface area contributed by atoms with Gasteiger partial charge in [-0.25, -0.2) is 4.39 Å². The summed E-state index contributed by atoms with van der Waals surface area (Å²) >= 11 is 5.72.